The fraction of sp³-hybridized carbons (Fsp3) is 0.0500. The van der Waals surface area contributed by atoms with E-state index in [-0.39, 0.29) is 56.5 Å². The minimum absolute atomic E-state index is 0. The van der Waals surface area contributed by atoms with Gasteiger partial charge in [-0.3, -0.25) is 9.59 Å². The summed E-state index contributed by atoms with van der Waals surface area (Å²) < 4.78 is 1.90. The monoisotopic (exact) mass is 411 g/mol. The van der Waals surface area contributed by atoms with Crippen molar-refractivity contribution >= 4 is 11.6 Å². The normalized spacial score (nSPS) is 12.2. The Labute approximate surface area is 159 Å². The van der Waals surface area contributed by atoms with Crippen LogP contribution in [0.25, 0.3) is 0 Å². The van der Waals surface area contributed by atoms with Crippen LogP contribution in [0.2, 0.25) is 0 Å². The van der Waals surface area contributed by atoms with Crippen molar-refractivity contribution in [3.63, 3.8) is 0 Å². The van der Waals surface area contributed by atoms with E-state index in [0.29, 0.717) is 12.1 Å². The van der Waals surface area contributed by atoms with Crippen LogP contribution in [0.3, 0.4) is 0 Å². The number of rotatable bonds is 2. The number of hydrogen-bond donors (Lipinski definition) is 2. The Morgan fingerprint density at radius 1 is 0.769 bits per heavy atom. The quantitative estimate of drug-likeness (QED) is 0.424. The molecule has 1 aliphatic carbocycles. The number of benzene rings is 2. The van der Waals surface area contributed by atoms with Crippen LogP contribution in [-0.2, 0) is 6.54 Å². The number of aromatic nitrogens is 1. The van der Waals surface area contributed by atoms with Crippen molar-refractivity contribution in [1.29, 1.82) is 0 Å². The minimum atomic E-state index is -0.542. The highest BCUT2D eigenvalue weighted by atomic mass is 79.9. The molecule has 2 aromatic carbocycles. The van der Waals surface area contributed by atoms with Crippen LogP contribution in [0.15, 0.2) is 60.9 Å². The van der Waals surface area contributed by atoms with Crippen LogP contribution in [0.4, 0.5) is 0 Å². The predicted molar refractivity (Wildman–Crippen MR) is 88.8 cm³/mol. The third-order valence-electron chi connectivity index (χ3n) is 4.31. The minimum Gasteiger partial charge on any atom is -1.00 e. The zero-order valence-corrected chi connectivity index (χ0v) is 15.1. The summed E-state index contributed by atoms with van der Waals surface area (Å²) in [4.78, 5) is 25.5. The fourth-order valence-electron chi connectivity index (χ4n) is 3.18. The van der Waals surface area contributed by atoms with Crippen molar-refractivity contribution in [2.45, 2.75) is 6.54 Å². The van der Waals surface area contributed by atoms with Crippen LogP contribution in [0.5, 0.6) is 11.5 Å². The van der Waals surface area contributed by atoms with Gasteiger partial charge >= 0.3 is 0 Å². The maximum atomic E-state index is 12.8. The first-order valence-corrected chi connectivity index (χ1v) is 7.77. The largest absolute Gasteiger partial charge is 1.00 e. The number of nitrogens with zero attached hydrogens (tertiary/aromatic N) is 1. The molecular weight excluding hydrogens is 398 g/mol. The van der Waals surface area contributed by atoms with Crippen LogP contribution >= 0.6 is 0 Å². The molecule has 26 heavy (non-hydrogen) atoms. The summed E-state index contributed by atoms with van der Waals surface area (Å²) in [6.07, 6.45) is 3.74. The molecule has 2 N–H and O–H groups in total. The van der Waals surface area contributed by atoms with Gasteiger partial charge in [0.2, 0.25) is 5.78 Å². The first-order chi connectivity index (χ1) is 12.1. The number of ketones is 2. The summed E-state index contributed by atoms with van der Waals surface area (Å²) in [5, 5.41) is 20.3. The smallest absolute Gasteiger partial charge is 0.201 e. The first kappa shape index (κ1) is 17.8. The summed E-state index contributed by atoms with van der Waals surface area (Å²) in [7, 11) is 0. The lowest BCUT2D eigenvalue weighted by Crippen LogP contribution is -3.00. The molecule has 0 amide bonds. The second-order valence-electron chi connectivity index (χ2n) is 5.94. The number of phenols is 2. The van der Waals surface area contributed by atoms with E-state index in [1.54, 1.807) is 6.07 Å². The Balaban J connectivity index is 0.00000196. The van der Waals surface area contributed by atoms with E-state index in [2.05, 4.69) is 0 Å². The Morgan fingerprint density at radius 2 is 1.46 bits per heavy atom. The number of phenolic OH excluding ortho intramolecular Hbond substituents is 2. The summed E-state index contributed by atoms with van der Waals surface area (Å²) >= 11 is 0. The highest BCUT2D eigenvalue weighted by Gasteiger charge is 2.34. The second kappa shape index (κ2) is 6.72. The molecule has 3 aromatic rings. The van der Waals surface area contributed by atoms with Crippen LogP contribution in [-0.4, -0.2) is 21.8 Å². The number of carbonyl (C=O) groups excluding carboxylic acids is 2. The lowest BCUT2D eigenvalue weighted by molar-refractivity contribution is -0.688. The Bertz CT molecular complexity index is 1030. The number of carbonyl (C=O) groups is 2. The molecule has 4 rings (SSSR count). The summed E-state index contributed by atoms with van der Waals surface area (Å²) in [6.45, 7) is 0.454. The van der Waals surface area contributed by atoms with E-state index in [0.717, 1.165) is 0 Å². The molecule has 6 heteroatoms. The molecule has 130 valence electrons. The number of fused-ring (bicyclic) bond motifs is 2. The molecule has 0 bridgehead atoms. The molecule has 0 spiro atoms. The molecule has 0 atom stereocenters. The molecule has 0 saturated heterocycles. The summed E-state index contributed by atoms with van der Waals surface area (Å²) in [5.41, 5.74) is 0.912. The lowest BCUT2D eigenvalue weighted by atomic mass is 9.82. The van der Waals surface area contributed by atoms with Gasteiger partial charge < -0.3 is 27.2 Å². The molecule has 5 nitrogen and oxygen atoms in total. The van der Waals surface area contributed by atoms with Crippen molar-refractivity contribution in [3.05, 3.63) is 88.7 Å². The molecule has 0 aliphatic heterocycles. The van der Waals surface area contributed by atoms with Crippen LogP contribution in [0, 0.1) is 0 Å². The van der Waals surface area contributed by atoms with Crippen molar-refractivity contribution in [2.75, 3.05) is 0 Å². The number of hydrogen-bond acceptors (Lipinski definition) is 4. The van der Waals surface area contributed by atoms with Crippen LogP contribution < -0.4 is 21.5 Å². The average molecular weight is 412 g/mol. The third kappa shape index (κ3) is 2.78. The zero-order chi connectivity index (χ0) is 17.6. The molecule has 1 heterocycles. The van der Waals surface area contributed by atoms with Crippen LogP contribution in [0.1, 0.15) is 37.4 Å². The van der Waals surface area contributed by atoms with Crippen molar-refractivity contribution < 1.29 is 41.4 Å². The van der Waals surface area contributed by atoms with Gasteiger partial charge in [-0.25, -0.2) is 4.57 Å². The Hall–Kier alpha value is -2.99. The first-order valence-electron chi connectivity index (χ1n) is 7.77. The third-order valence-corrected chi connectivity index (χ3v) is 4.31. The molecule has 0 saturated carbocycles. The lowest BCUT2D eigenvalue weighted by Gasteiger charge is -2.19. The maximum absolute atomic E-state index is 12.8. The van der Waals surface area contributed by atoms with E-state index >= 15 is 0 Å². The molecule has 1 aliphatic rings. The fourth-order valence-corrected chi connectivity index (χ4v) is 3.18. The number of aromatic hydroxyl groups is 2. The maximum Gasteiger partial charge on any atom is 0.201 e. The van der Waals surface area contributed by atoms with Gasteiger partial charge in [0, 0.05) is 28.8 Å². The van der Waals surface area contributed by atoms with Crippen molar-refractivity contribution in [3.8, 4) is 11.5 Å². The van der Waals surface area contributed by atoms with Gasteiger partial charge in [0.25, 0.3) is 0 Å². The number of pyridine rings is 1. The predicted octanol–water partition coefficient (Wildman–Crippen LogP) is -0.787. The van der Waals surface area contributed by atoms with E-state index in [9.17, 15) is 19.8 Å². The molecular formula is C20H14BrNO4. The van der Waals surface area contributed by atoms with Gasteiger partial charge in [-0.05, 0) is 18.2 Å². The topological polar surface area (TPSA) is 78.5 Å². The molecule has 0 unspecified atom stereocenters. The van der Waals surface area contributed by atoms with Crippen molar-refractivity contribution in [1.82, 2.24) is 0 Å². The highest BCUT2D eigenvalue weighted by Crippen LogP contribution is 2.37. The van der Waals surface area contributed by atoms with Gasteiger partial charge in [-0.1, -0.05) is 18.2 Å². The number of halogens is 1. The standard InChI is InChI=1S/C20H13NO4.BrH/c22-15-6-4-5-13-17(15)20(25)18-14(19(13)24)9-12(10-16(18)23)11-21-7-2-1-3-8-21;/h1-10H,11H2,(H-,22,23,25);1H. The van der Waals surface area contributed by atoms with Gasteiger partial charge in [0.15, 0.2) is 24.7 Å². The average Bonchev–Trinajstić information content (AvgIpc) is 2.60. The summed E-state index contributed by atoms with van der Waals surface area (Å²) in [5.74, 6) is -1.43. The van der Waals surface area contributed by atoms with Gasteiger partial charge in [0.05, 0.1) is 11.1 Å². The molecule has 0 fully saturated rings. The second-order valence-corrected chi connectivity index (χ2v) is 5.94. The van der Waals surface area contributed by atoms with Gasteiger partial charge in [-0.2, -0.15) is 0 Å². The zero-order valence-electron chi connectivity index (χ0n) is 13.5. The molecule has 1 aromatic heterocycles. The van der Waals surface area contributed by atoms with E-state index in [1.807, 2.05) is 35.2 Å². The van der Waals surface area contributed by atoms with Crippen molar-refractivity contribution in [2.24, 2.45) is 0 Å². The Kier molecular flexibility index (Phi) is 4.61. The van der Waals surface area contributed by atoms with E-state index in [1.165, 1.54) is 24.3 Å². The van der Waals surface area contributed by atoms with Gasteiger partial charge in [-0.15, -0.1) is 0 Å². The van der Waals surface area contributed by atoms with E-state index < -0.39 is 5.78 Å². The van der Waals surface area contributed by atoms with E-state index in [4.69, 9.17) is 0 Å². The molecule has 0 radical (unpaired) electrons. The van der Waals surface area contributed by atoms with Gasteiger partial charge in [0.1, 0.15) is 11.5 Å². The summed E-state index contributed by atoms with van der Waals surface area (Å²) in [6, 6.07) is 13.1. The highest BCUT2D eigenvalue weighted by molar-refractivity contribution is 6.30. The Morgan fingerprint density at radius 3 is 2.19 bits per heavy atom. The SMILES string of the molecule is O=C1c2cccc(O)c2C(=O)c2c(O)cc(C[n+]3ccccc3)cc21.[Br-].